The molecule has 1 heterocycles. The van der Waals surface area contributed by atoms with Crippen molar-refractivity contribution in [2.75, 3.05) is 21.3 Å². The molecule has 0 spiro atoms. The zero-order chi connectivity index (χ0) is 18.9. The van der Waals surface area contributed by atoms with Gasteiger partial charge in [-0.05, 0) is 37.3 Å². The zero-order valence-corrected chi connectivity index (χ0v) is 16.1. The van der Waals surface area contributed by atoms with E-state index in [4.69, 9.17) is 14.2 Å². The van der Waals surface area contributed by atoms with Crippen molar-refractivity contribution >= 4 is 16.0 Å². The summed E-state index contributed by atoms with van der Waals surface area (Å²) >= 11 is 0. The summed E-state index contributed by atoms with van der Waals surface area (Å²) in [5.41, 5.74) is 0. The van der Waals surface area contributed by atoms with Crippen molar-refractivity contribution < 1.29 is 27.4 Å². The van der Waals surface area contributed by atoms with Crippen LogP contribution in [0.15, 0.2) is 23.1 Å². The SMILES string of the molecule is COC(=O)[C@@H]1C[C@H]2CCCC[C@H]2N1S(=O)(=O)c1ccc(OC)c(OC)c1. The van der Waals surface area contributed by atoms with E-state index in [1.165, 1.54) is 37.8 Å². The van der Waals surface area contributed by atoms with Crippen molar-refractivity contribution in [1.29, 1.82) is 0 Å². The van der Waals surface area contributed by atoms with Crippen molar-refractivity contribution in [3.8, 4) is 11.5 Å². The van der Waals surface area contributed by atoms with Crippen LogP contribution in [0.4, 0.5) is 0 Å². The van der Waals surface area contributed by atoms with E-state index in [9.17, 15) is 13.2 Å². The predicted octanol–water partition coefficient (Wildman–Crippen LogP) is 2.20. The molecule has 0 amide bonds. The highest BCUT2D eigenvalue weighted by Crippen LogP contribution is 2.43. The molecule has 2 fully saturated rings. The van der Waals surface area contributed by atoms with Gasteiger partial charge in [-0.3, -0.25) is 4.79 Å². The Bertz CT molecular complexity index is 778. The third kappa shape index (κ3) is 3.16. The van der Waals surface area contributed by atoms with Gasteiger partial charge in [0.25, 0.3) is 0 Å². The van der Waals surface area contributed by atoms with E-state index in [0.717, 1.165) is 25.7 Å². The maximum Gasteiger partial charge on any atom is 0.324 e. The van der Waals surface area contributed by atoms with E-state index in [-0.39, 0.29) is 16.9 Å². The minimum absolute atomic E-state index is 0.0928. The Hall–Kier alpha value is -1.80. The first-order chi connectivity index (χ1) is 12.4. The fourth-order valence-corrected chi connectivity index (χ4v) is 6.08. The summed E-state index contributed by atoms with van der Waals surface area (Å²) in [7, 11) is 0.372. The number of esters is 1. The summed E-state index contributed by atoms with van der Waals surface area (Å²) in [6.45, 7) is 0. The topological polar surface area (TPSA) is 82.1 Å². The first-order valence-electron chi connectivity index (χ1n) is 8.77. The molecule has 3 atom stereocenters. The Labute approximate surface area is 154 Å². The number of carbonyl (C=O) groups is 1. The van der Waals surface area contributed by atoms with Crippen LogP contribution in [-0.4, -0.2) is 52.1 Å². The molecule has 0 radical (unpaired) electrons. The number of rotatable bonds is 5. The number of hydrogen-bond acceptors (Lipinski definition) is 6. The molecule has 1 aromatic rings. The molecule has 1 aliphatic carbocycles. The third-order valence-corrected chi connectivity index (χ3v) is 7.36. The molecule has 0 bridgehead atoms. The predicted molar refractivity (Wildman–Crippen MR) is 94.7 cm³/mol. The van der Waals surface area contributed by atoms with Gasteiger partial charge >= 0.3 is 5.97 Å². The minimum atomic E-state index is -3.87. The average Bonchev–Trinajstić information content (AvgIpc) is 3.07. The molecule has 2 aliphatic rings. The summed E-state index contributed by atoms with van der Waals surface area (Å²) in [6, 6.07) is 3.56. The van der Waals surface area contributed by atoms with Crippen LogP contribution in [0.3, 0.4) is 0 Å². The van der Waals surface area contributed by atoms with Gasteiger partial charge in [-0.25, -0.2) is 8.42 Å². The van der Waals surface area contributed by atoms with Crippen LogP contribution in [0.25, 0.3) is 0 Å². The second kappa shape index (κ2) is 7.44. The first kappa shape index (κ1) is 19.0. The normalized spacial score (nSPS) is 26.2. The van der Waals surface area contributed by atoms with Gasteiger partial charge in [-0.1, -0.05) is 12.8 Å². The Balaban J connectivity index is 2.03. The van der Waals surface area contributed by atoms with Crippen molar-refractivity contribution in [3.63, 3.8) is 0 Å². The fraction of sp³-hybridized carbons (Fsp3) is 0.611. The summed E-state index contributed by atoms with van der Waals surface area (Å²) in [5, 5.41) is 0. The van der Waals surface area contributed by atoms with Gasteiger partial charge in [0.05, 0.1) is 26.2 Å². The van der Waals surface area contributed by atoms with Gasteiger partial charge in [-0.15, -0.1) is 0 Å². The van der Waals surface area contributed by atoms with Gasteiger partial charge in [0.1, 0.15) is 6.04 Å². The number of carbonyl (C=O) groups excluding carboxylic acids is 1. The number of methoxy groups -OCH3 is 3. The van der Waals surface area contributed by atoms with E-state index in [1.807, 2.05) is 0 Å². The van der Waals surface area contributed by atoms with E-state index < -0.39 is 22.0 Å². The second-order valence-corrected chi connectivity index (χ2v) is 8.58. The highest BCUT2D eigenvalue weighted by molar-refractivity contribution is 7.89. The summed E-state index contributed by atoms with van der Waals surface area (Å²) in [6.07, 6.45) is 4.26. The largest absolute Gasteiger partial charge is 0.493 e. The van der Waals surface area contributed by atoms with Gasteiger partial charge in [0, 0.05) is 12.1 Å². The van der Waals surface area contributed by atoms with Crippen molar-refractivity contribution in [2.24, 2.45) is 5.92 Å². The Morgan fingerprint density at radius 1 is 1.08 bits per heavy atom. The van der Waals surface area contributed by atoms with E-state index in [0.29, 0.717) is 17.9 Å². The second-order valence-electron chi connectivity index (χ2n) is 6.74. The van der Waals surface area contributed by atoms with E-state index >= 15 is 0 Å². The summed E-state index contributed by atoms with van der Waals surface area (Å²) in [4.78, 5) is 12.4. The number of fused-ring (bicyclic) bond motifs is 1. The molecular formula is C18H25NO6S. The van der Waals surface area contributed by atoms with Crippen molar-refractivity contribution in [3.05, 3.63) is 18.2 Å². The van der Waals surface area contributed by atoms with Crippen LogP contribution < -0.4 is 9.47 Å². The number of nitrogens with zero attached hydrogens (tertiary/aromatic N) is 1. The van der Waals surface area contributed by atoms with E-state index in [2.05, 4.69) is 0 Å². The smallest absolute Gasteiger partial charge is 0.324 e. The lowest BCUT2D eigenvalue weighted by Gasteiger charge is -2.32. The number of hydrogen-bond donors (Lipinski definition) is 0. The molecule has 3 rings (SSSR count). The quantitative estimate of drug-likeness (QED) is 0.725. The number of sulfonamides is 1. The lowest BCUT2D eigenvalue weighted by atomic mass is 9.85. The van der Waals surface area contributed by atoms with Gasteiger partial charge in [0.15, 0.2) is 11.5 Å². The standard InChI is InChI=1S/C18H25NO6S/c1-23-16-9-8-13(11-17(16)24-2)26(21,22)19-14-7-5-4-6-12(14)10-15(19)18(20)25-3/h8-9,11-12,14-15H,4-7,10H2,1-3H3/t12-,14-,15+/m1/s1. The number of benzene rings is 1. The van der Waals surface area contributed by atoms with Crippen LogP contribution in [0.2, 0.25) is 0 Å². The van der Waals surface area contributed by atoms with Crippen LogP contribution in [0, 0.1) is 5.92 Å². The Morgan fingerprint density at radius 2 is 1.77 bits per heavy atom. The molecule has 1 aliphatic heterocycles. The van der Waals surface area contributed by atoms with Crippen LogP contribution in [0.1, 0.15) is 32.1 Å². The molecular weight excluding hydrogens is 358 g/mol. The van der Waals surface area contributed by atoms with Gasteiger partial charge < -0.3 is 14.2 Å². The van der Waals surface area contributed by atoms with Crippen LogP contribution >= 0.6 is 0 Å². The monoisotopic (exact) mass is 383 g/mol. The summed E-state index contributed by atoms with van der Waals surface area (Å²) < 4.78 is 43.5. The van der Waals surface area contributed by atoms with Gasteiger partial charge in [0.2, 0.25) is 10.0 Å². The fourth-order valence-electron chi connectivity index (χ4n) is 4.20. The first-order valence-corrected chi connectivity index (χ1v) is 10.2. The zero-order valence-electron chi connectivity index (χ0n) is 15.3. The Kier molecular flexibility index (Phi) is 5.43. The molecule has 1 saturated heterocycles. The lowest BCUT2D eigenvalue weighted by molar-refractivity contribution is -0.144. The van der Waals surface area contributed by atoms with Crippen molar-refractivity contribution in [1.82, 2.24) is 4.31 Å². The molecule has 1 saturated carbocycles. The minimum Gasteiger partial charge on any atom is -0.493 e. The molecule has 144 valence electrons. The molecule has 0 aromatic heterocycles. The number of ether oxygens (including phenoxy) is 3. The Morgan fingerprint density at radius 3 is 2.42 bits per heavy atom. The van der Waals surface area contributed by atoms with Crippen LogP contribution in [-0.2, 0) is 19.6 Å². The highest BCUT2D eigenvalue weighted by atomic mass is 32.2. The highest BCUT2D eigenvalue weighted by Gasteiger charge is 2.51. The van der Waals surface area contributed by atoms with Crippen molar-refractivity contribution in [2.45, 2.75) is 49.1 Å². The van der Waals surface area contributed by atoms with Crippen LogP contribution in [0.5, 0.6) is 11.5 Å². The third-order valence-electron chi connectivity index (χ3n) is 5.43. The molecule has 0 N–H and O–H groups in total. The lowest BCUT2D eigenvalue weighted by Crippen LogP contribution is -2.46. The molecule has 1 aromatic carbocycles. The molecule has 26 heavy (non-hydrogen) atoms. The average molecular weight is 383 g/mol. The molecule has 0 unspecified atom stereocenters. The molecule has 7 nitrogen and oxygen atoms in total. The molecule has 8 heteroatoms. The summed E-state index contributed by atoms with van der Waals surface area (Å²) in [5.74, 6) is 0.488. The maximum atomic E-state index is 13.4. The van der Waals surface area contributed by atoms with Gasteiger partial charge in [-0.2, -0.15) is 4.31 Å². The maximum absolute atomic E-state index is 13.4. The van der Waals surface area contributed by atoms with E-state index in [1.54, 1.807) is 6.07 Å².